The number of aliphatic hydroxyl groups is 1. The van der Waals surface area contributed by atoms with Gasteiger partial charge >= 0.3 is 0 Å². The van der Waals surface area contributed by atoms with Gasteiger partial charge in [0.1, 0.15) is 55.0 Å². The van der Waals surface area contributed by atoms with Gasteiger partial charge in [0.25, 0.3) is 0 Å². The Bertz CT molecular complexity index is 851. The van der Waals surface area contributed by atoms with Gasteiger partial charge in [0.2, 0.25) is 0 Å². The highest BCUT2D eigenvalue weighted by molar-refractivity contribution is 5.47. The molecule has 0 aliphatic rings. The minimum atomic E-state index is -0.730. The molecule has 0 saturated carbocycles. The van der Waals surface area contributed by atoms with Crippen LogP contribution < -0.4 is 24.3 Å². The number of nitrogens with one attached hydrogen (secondary N) is 1. The first-order chi connectivity index (χ1) is 16.0. The van der Waals surface area contributed by atoms with Crippen molar-refractivity contribution in [2.75, 3.05) is 53.2 Å². The lowest BCUT2D eigenvalue weighted by atomic mass is 10.2. The van der Waals surface area contributed by atoms with Gasteiger partial charge in [-0.05, 0) is 42.3 Å². The summed E-state index contributed by atoms with van der Waals surface area (Å²) in [5, 5.41) is 22.7. The van der Waals surface area contributed by atoms with E-state index in [0.29, 0.717) is 62.5 Å². The minimum Gasteiger partial charge on any atom is -0.497 e. The van der Waals surface area contributed by atoms with Crippen LogP contribution in [0.4, 0.5) is 0 Å². The number of hydrogen-bond acceptors (Lipinski definition) is 8. The molecule has 0 aliphatic carbocycles. The van der Waals surface area contributed by atoms with Crippen molar-refractivity contribution in [2.45, 2.75) is 20.0 Å². The summed E-state index contributed by atoms with van der Waals surface area (Å²) >= 11 is 0. The van der Waals surface area contributed by atoms with Gasteiger partial charge in [-0.1, -0.05) is 13.8 Å². The van der Waals surface area contributed by atoms with Crippen LogP contribution in [0.2, 0.25) is 0 Å². The van der Waals surface area contributed by atoms with E-state index < -0.39 is 6.10 Å². The highest BCUT2D eigenvalue weighted by atomic mass is 16.5. The molecule has 2 N–H and O–H groups in total. The van der Waals surface area contributed by atoms with Gasteiger partial charge in [-0.3, -0.25) is 0 Å². The van der Waals surface area contributed by atoms with Crippen LogP contribution >= 0.6 is 0 Å². The molecule has 0 amide bonds. The predicted octanol–water partition coefficient (Wildman–Crippen LogP) is 3.03. The molecule has 0 saturated heterocycles. The molecule has 8 nitrogen and oxygen atoms in total. The fraction of sp³-hybridized carbons (Fsp3) is 0.480. The normalized spacial score (nSPS) is 11.6. The van der Waals surface area contributed by atoms with Crippen molar-refractivity contribution < 1.29 is 28.8 Å². The number of nitrogens with zero attached hydrogens (tertiary/aromatic N) is 1. The number of nitriles is 1. The van der Waals surface area contributed by atoms with Crippen LogP contribution in [0.3, 0.4) is 0 Å². The molecule has 33 heavy (non-hydrogen) atoms. The Balaban J connectivity index is 1.64. The first-order valence-electron chi connectivity index (χ1n) is 11.0. The highest BCUT2D eigenvalue weighted by Crippen LogP contribution is 2.24. The molecule has 0 bridgehead atoms. The van der Waals surface area contributed by atoms with E-state index in [1.165, 1.54) is 0 Å². The van der Waals surface area contributed by atoms with Crippen molar-refractivity contribution in [1.29, 1.82) is 5.26 Å². The molecule has 0 heterocycles. The van der Waals surface area contributed by atoms with Gasteiger partial charge in [-0.2, -0.15) is 5.26 Å². The molecule has 2 rings (SSSR count). The lowest BCUT2D eigenvalue weighted by molar-refractivity contribution is 0.0818. The Kier molecular flexibility index (Phi) is 11.9. The molecule has 0 spiro atoms. The zero-order valence-electron chi connectivity index (χ0n) is 19.6. The zero-order valence-corrected chi connectivity index (χ0v) is 19.6. The maximum absolute atomic E-state index is 10.1. The third-order valence-electron chi connectivity index (χ3n) is 4.44. The summed E-state index contributed by atoms with van der Waals surface area (Å²) < 4.78 is 27.5. The van der Waals surface area contributed by atoms with E-state index in [-0.39, 0.29) is 6.61 Å². The van der Waals surface area contributed by atoms with Crippen LogP contribution in [-0.4, -0.2) is 64.4 Å². The largest absolute Gasteiger partial charge is 0.497 e. The third-order valence-corrected chi connectivity index (χ3v) is 4.44. The predicted molar refractivity (Wildman–Crippen MR) is 125 cm³/mol. The number of methoxy groups -OCH3 is 1. The highest BCUT2D eigenvalue weighted by Gasteiger charge is 2.10. The second-order valence-electron chi connectivity index (χ2n) is 7.78. The molecule has 0 aliphatic heterocycles. The monoisotopic (exact) mass is 458 g/mol. The Hall–Kier alpha value is -2.99. The second-order valence-corrected chi connectivity index (χ2v) is 7.78. The van der Waals surface area contributed by atoms with Crippen molar-refractivity contribution in [3.05, 3.63) is 48.0 Å². The summed E-state index contributed by atoms with van der Waals surface area (Å²) in [7, 11) is 1.62. The standard InChI is InChI=1S/C25H34N2O6/c1-19(2)17-30-12-13-32-24-8-9-25(20(14-24)15-26)33-18-21(28)16-27-10-11-31-23-6-4-22(29-3)5-7-23/h4-9,14,19,21,27-28H,10-13,16-18H2,1-3H3/t21-/m0/s1. The van der Waals surface area contributed by atoms with Gasteiger partial charge in [0.05, 0.1) is 19.3 Å². The van der Waals surface area contributed by atoms with Crippen LogP contribution in [0.1, 0.15) is 19.4 Å². The fourth-order valence-corrected chi connectivity index (χ4v) is 2.78. The van der Waals surface area contributed by atoms with Crippen molar-refractivity contribution in [2.24, 2.45) is 5.92 Å². The Morgan fingerprint density at radius 3 is 2.30 bits per heavy atom. The Morgan fingerprint density at radius 2 is 1.61 bits per heavy atom. The van der Waals surface area contributed by atoms with E-state index in [1.807, 2.05) is 24.3 Å². The average molecular weight is 459 g/mol. The summed E-state index contributed by atoms with van der Waals surface area (Å²) in [4.78, 5) is 0. The van der Waals surface area contributed by atoms with E-state index in [4.69, 9.17) is 23.7 Å². The first kappa shape index (κ1) is 26.3. The van der Waals surface area contributed by atoms with Gasteiger partial charge < -0.3 is 34.1 Å². The second kappa shape index (κ2) is 15.0. The van der Waals surface area contributed by atoms with E-state index >= 15 is 0 Å². The Labute approximate surface area is 196 Å². The summed E-state index contributed by atoms with van der Waals surface area (Å²) in [5.41, 5.74) is 0.351. The topological polar surface area (TPSA) is 102 Å². The average Bonchev–Trinajstić information content (AvgIpc) is 2.82. The molecule has 0 unspecified atom stereocenters. The van der Waals surface area contributed by atoms with E-state index in [9.17, 15) is 10.4 Å². The zero-order chi connectivity index (χ0) is 23.9. The number of ether oxygens (including phenoxy) is 5. The number of aliphatic hydroxyl groups excluding tert-OH is 1. The van der Waals surface area contributed by atoms with Gasteiger partial charge in [0.15, 0.2) is 0 Å². The van der Waals surface area contributed by atoms with E-state index in [1.54, 1.807) is 25.3 Å². The SMILES string of the molecule is COc1ccc(OCCNC[C@H](O)COc2ccc(OCCOCC(C)C)cc2C#N)cc1. The molecule has 180 valence electrons. The van der Waals surface area contributed by atoms with E-state index in [0.717, 1.165) is 11.5 Å². The molecule has 2 aromatic rings. The minimum absolute atomic E-state index is 0.0598. The van der Waals surface area contributed by atoms with E-state index in [2.05, 4.69) is 25.2 Å². The fourth-order valence-electron chi connectivity index (χ4n) is 2.78. The number of rotatable bonds is 16. The van der Waals surface area contributed by atoms with Gasteiger partial charge in [0, 0.05) is 25.8 Å². The quantitative estimate of drug-likeness (QED) is 0.370. The van der Waals surface area contributed by atoms with Crippen molar-refractivity contribution in [3.63, 3.8) is 0 Å². The number of hydrogen-bond donors (Lipinski definition) is 2. The molecule has 1 atom stereocenters. The smallest absolute Gasteiger partial charge is 0.137 e. The summed E-state index contributed by atoms with van der Waals surface area (Å²) in [5.74, 6) is 2.98. The molecule has 0 fully saturated rings. The summed E-state index contributed by atoms with van der Waals surface area (Å²) in [6.45, 7) is 7.19. The van der Waals surface area contributed by atoms with Crippen LogP contribution in [0.5, 0.6) is 23.0 Å². The first-order valence-corrected chi connectivity index (χ1v) is 11.0. The molecule has 0 radical (unpaired) electrons. The Morgan fingerprint density at radius 1 is 0.909 bits per heavy atom. The van der Waals surface area contributed by atoms with Crippen LogP contribution in [0, 0.1) is 17.2 Å². The van der Waals surface area contributed by atoms with Crippen LogP contribution in [0.15, 0.2) is 42.5 Å². The maximum atomic E-state index is 10.1. The van der Waals surface area contributed by atoms with Crippen molar-refractivity contribution in [1.82, 2.24) is 5.32 Å². The third kappa shape index (κ3) is 10.4. The lowest BCUT2D eigenvalue weighted by Gasteiger charge is -2.15. The van der Waals surface area contributed by atoms with Gasteiger partial charge in [-0.25, -0.2) is 0 Å². The number of benzene rings is 2. The van der Waals surface area contributed by atoms with Gasteiger partial charge in [-0.15, -0.1) is 0 Å². The summed E-state index contributed by atoms with van der Waals surface area (Å²) in [6, 6.07) is 14.5. The van der Waals surface area contributed by atoms with Crippen LogP contribution in [-0.2, 0) is 4.74 Å². The molecule has 2 aromatic carbocycles. The van der Waals surface area contributed by atoms with Crippen LogP contribution in [0.25, 0.3) is 0 Å². The molecular weight excluding hydrogens is 424 g/mol. The maximum Gasteiger partial charge on any atom is 0.137 e. The van der Waals surface area contributed by atoms with Crippen molar-refractivity contribution in [3.8, 4) is 29.1 Å². The molecular formula is C25H34N2O6. The summed E-state index contributed by atoms with van der Waals surface area (Å²) in [6.07, 6.45) is -0.730. The molecule has 0 aromatic heterocycles. The van der Waals surface area contributed by atoms with Crippen molar-refractivity contribution >= 4 is 0 Å². The molecule has 8 heteroatoms. The lowest BCUT2D eigenvalue weighted by Crippen LogP contribution is -2.33.